The van der Waals surface area contributed by atoms with Gasteiger partial charge in [0.15, 0.2) is 0 Å². The summed E-state index contributed by atoms with van der Waals surface area (Å²) in [5, 5.41) is 2.90. The molecule has 1 aromatic rings. The molecule has 0 aromatic carbocycles. The molecule has 0 saturated carbocycles. The zero-order valence-corrected chi connectivity index (χ0v) is 17.1. The number of carbonyl (C=O) groups excluding carboxylic acids is 1. The van der Waals surface area contributed by atoms with E-state index in [-0.39, 0.29) is 36.1 Å². The normalized spacial score (nSPS) is 16.1. The third-order valence-corrected chi connectivity index (χ3v) is 4.42. The number of pyridine rings is 1. The van der Waals surface area contributed by atoms with Gasteiger partial charge in [0.1, 0.15) is 5.82 Å². The third kappa shape index (κ3) is 7.38. The molecule has 7 heteroatoms. The lowest BCUT2D eigenvalue weighted by atomic mass is 9.87. The Balaban J connectivity index is 0.00000288. The largest absolute Gasteiger partial charge is 0.357 e. The summed E-state index contributed by atoms with van der Waals surface area (Å²) in [6.07, 6.45) is 6.96. The summed E-state index contributed by atoms with van der Waals surface area (Å²) >= 11 is 0. The highest BCUT2D eigenvalue weighted by Crippen LogP contribution is 2.18. The van der Waals surface area contributed by atoms with E-state index in [0.29, 0.717) is 6.54 Å². The minimum Gasteiger partial charge on any atom is -0.357 e. The summed E-state index contributed by atoms with van der Waals surface area (Å²) < 4.78 is 0. The van der Waals surface area contributed by atoms with Gasteiger partial charge in [-0.15, -0.1) is 24.8 Å². The summed E-state index contributed by atoms with van der Waals surface area (Å²) in [6, 6.07) is 3.58. The van der Waals surface area contributed by atoms with Crippen LogP contribution in [-0.4, -0.2) is 30.0 Å². The quantitative estimate of drug-likeness (QED) is 0.826. The van der Waals surface area contributed by atoms with E-state index >= 15 is 0 Å². The topological polar surface area (TPSA) is 71.2 Å². The van der Waals surface area contributed by atoms with Crippen molar-refractivity contribution in [2.45, 2.75) is 59.0 Å². The van der Waals surface area contributed by atoms with Crippen molar-refractivity contribution in [1.29, 1.82) is 0 Å². The Hall–Kier alpha value is -1.04. The number of aromatic nitrogens is 1. The summed E-state index contributed by atoms with van der Waals surface area (Å²) in [6.45, 7) is 8.54. The molecule has 1 saturated heterocycles. The van der Waals surface area contributed by atoms with Gasteiger partial charge >= 0.3 is 0 Å². The lowest BCUT2D eigenvalue weighted by molar-refractivity contribution is -0.124. The number of carbonyl (C=O) groups is 1. The average Bonchev–Trinajstić information content (AvgIpc) is 2.80. The van der Waals surface area contributed by atoms with Crippen molar-refractivity contribution < 1.29 is 4.79 Å². The van der Waals surface area contributed by atoms with Gasteiger partial charge in [-0.1, -0.05) is 39.7 Å². The second-order valence-corrected chi connectivity index (χ2v) is 7.49. The molecule has 0 radical (unpaired) electrons. The molecule has 1 atom stereocenters. The van der Waals surface area contributed by atoms with Gasteiger partial charge < -0.3 is 16.0 Å². The first-order valence-electron chi connectivity index (χ1n) is 8.61. The fraction of sp³-hybridized carbons (Fsp3) is 0.667. The second kappa shape index (κ2) is 10.8. The highest BCUT2D eigenvalue weighted by Gasteiger charge is 2.27. The van der Waals surface area contributed by atoms with Crippen LogP contribution in [0.25, 0.3) is 0 Å². The highest BCUT2D eigenvalue weighted by atomic mass is 35.5. The van der Waals surface area contributed by atoms with Gasteiger partial charge in [0.05, 0.1) is 6.04 Å². The van der Waals surface area contributed by atoms with E-state index in [1.807, 2.05) is 33.0 Å². The van der Waals surface area contributed by atoms with Gasteiger partial charge in [-0.25, -0.2) is 4.98 Å². The fourth-order valence-corrected chi connectivity index (χ4v) is 2.70. The van der Waals surface area contributed by atoms with Gasteiger partial charge in [0.25, 0.3) is 0 Å². The number of nitrogens with two attached hydrogens (primary N) is 1. The first-order valence-corrected chi connectivity index (χ1v) is 8.61. The summed E-state index contributed by atoms with van der Waals surface area (Å²) in [4.78, 5) is 19.0. The zero-order chi connectivity index (χ0) is 16.9. The Labute approximate surface area is 164 Å². The van der Waals surface area contributed by atoms with E-state index in [9.17, 15) is 4.79 Å². The van der Waals surface area contributed by atoms with Gasteiger partial charge in [0, 0.05) is 25.8 Å². The number of anilines is 1. The van der Waals surface area contributed by atoms with Gasteiger partial charge in [-0.05, 0) is 29.9 Å². The number of rotatable bonds is 4. The van der Waals surface area contributed by atoms with Crippen molar-refractivity contribution in [3.8, 4) is 0 Å². The molecule has 0 bridgehead atoms. The molecule has 1 aromatic heterocycles. The molecule has 1 aliphatic rings. The van der Waals surface area contributed by atoms with Gasteiger partial charge in [0.2, 0.25) is 5.91 Å². The number of nitrogens with one attached hydrogen (secondary N) is 1. The standard InChI is InChI=1S/C18H30N4O.2ClH/c1-18(2,3)16(19)17(23)21-13-14-8-9-15(20-12-14)22-10-6-4-5-7-11-22;;/h8-9,12,16H,4-7,10-11,13,19H2,1-3H3,(H,21,23);2*1H/t16-;;/m1../s1. The minimum absolute atomic E-state index is 0. The molecule has 0 unspecified atom stereocenters. The van der Waals surface area contributed by atoms with E-state index in [1.54, 1.807) is 0 Å². The number of amides is 1. The van der Waals surface area contributed by atoms with Crippen LogP contribution in [0.3, 0.4) is 0 Å². The Kier molecular flexibility index (Phi) is 10.4. The van der Waals surface area contributed by atoms with Crippen LogP contribution in [0.15, 0.2) is 18.3 Å². The van der Waals surface area contributed by atoms with E-state index in [4.69, 9.17) is 5.73 Å². The number of hydrogen-bond acceptors (Lipinski definition) is 4. The molecule has 0 aliphatic carbocycles. The van der Waals surface area contributed by atoms with E-state index in [0.717, 1.165) is 24.5 Å². The van der Waals surface area contributed by atoms with Crippen molar-refractivity contribution >= 4 is 36.5 Å². The number of hydrogen-bond donors (Lipinski definition) is 2. The van der Waals surface area contributed by atoms with E-state index in [2.05, 4.69) is 21.3 Å². The third-order valence-electron chi connectivity index (χ3n) is 4.42. The summed E-state index contributed by atoms with van der Waals surface area (Å²) in [5.74, 6) is 0.919. The molecule has 1 amide bonds. The first kappa shape index (κ1) is 24.0. The fourth-order valence-electron chi connectivity index (χ4n) is 2.70. The molecule has 3 N–H and O–H groups in total. The molecule has 1 fully saturated rings. The van der Waals surface area contributed by atoms with Crippen molar-refractivity contribution in [3.63, 3.8) is 0 Å². The Morgan fingerprint density at radius 2 is 1.80 bits per heavy atom. The monoisotopic (exact) mass is 390 g/mol. The second-order valence-electron chi connectivity index (χ2n) is 7.49. The number of nitrogens with zero attached hydrogens (tertiary/aromatic N) is 2. The van der Waals surface area contributed by atoms with Gasteiger partial charge in [-0.2, -0.15) is 0 Å². The molecule has 144 valence electrons. The van der Waals surface area contributed by atoms with Crippen LogP contribution < -0.4 is 16.0 Å². The molecule has 2 heterocycles. The first-order chi connectivity index (χ1) is 10.9. The molecule has 5 nitrogen and oxygen atoms in total. The number of halogens is 2. The molecular weight excluding hydrogens is 359 g/mol. The smallest absolute Gasteiger partial charge is 0.237 e. The molecule has 0 spiro atoms. The zero-order valence-electron chi connectivity index (χ0n) is 15.5. The predicted molar refractivity (Wildman–Crippen MR) is 109 cm³/mol. The average molecular weight is 391 g/mol. The molecular formula is C18H32Cl2N4O. The maximum absolute atomic E-state index is 12.1. The van der Waals surface area contributed by atoms with E-state index in [1.165, 1.54) is 25.7 Å². The van der Waals surface area contributed by atoms with Crippen LogP contribution >= 0.6 is 24.8 Å². The maximum Gasteiger partial charge on any atom is 0.237 e. The van der Waals surface area contributed by atoms with Crippen molar-refractivity contribution in [1.82, 2.24) is 10.3 Å². The SMILES string of the molecule is CC(C)(C)[C@H](N)C(=O)NCc1ccc(N2CCCCCC2)nc1.Cl.Cl. The van der Waals surface area contributed by atoms with Crippen molar-refractivity contribution in [2.24, 2.45) is 11.1 Å². The van der Waals surface area contributed by atoms with Crippen LogP contribution in [-0.2, 0) is 11.3 Å². The Morgan fingerprint density at radius 3 is 2.28 bits per heavy atom. The lowest BCUT2D eigenvalue weighted by Gasteiger charge is -2.25. The minimum atomic E-state index is -0.508. The van der Waals surface area contributed by atoms with Crippen molar-refractivity contribution in [3.05, 3.63) is 23.9 Å². The van der Waals surface area contributed by atoms with Crippen molar-refractivity contribution in [2.75, 3.05) is 18.0 Å². The highest BCUT2D eigenvalue weighted by molar-refractivity contribution is 5.85. The van der Waals surface area contributed by atoms with Crippen LogP contribution in [0.5, 0.6) is 0 Å². The predicted octanol–water partition coefficient (Wildman–Crippen LogP) is 3.30. The molecule has 1 aliphatic heterocycles. The van der Waals surface area contributed by atoms with Gasteiger partial charge in [-0.3, -0.25) is 4.79 Å². The van der Waals surface area contributed by atoms with Crippen LogP contribution in [0, 0.1) is 5.41 Å². The van der Waals surface area contributed by atoms with Crippen LogP contribution in [0.2, 0.25) is 0 Å². The Bertz CT molecular complexity index is 509. The Morgan fingerprint density at radius 1 is 1.20 bits per heavy atom. The summed E-state index contributed by atoms with van der Waals surface area (Å²) in [5.41, 5.74) is 6.72. The molecule has 2 rings (SSSR count). The van der Waals surface area contributed by atoms with Crippen LogP contribution in [0.4, 0.5) is 5.82 Å². The van der Waals surface area contributed by atoms with Crippen LogP contribution in [0.1, 0.15) is 52.0 Å². The summed E-state index contributed by atoms with van der Waals surface area (Å²) in [7, 11) is 0. The van der Waals surface area contributed by atoms with E-state index < -0.39 is 6.04 Å². The lowest BCUT2D eigenvalue weighted by Crippen LogP contribution is -2.48. The maximum atomic E-state index is 12.1. The molecule has 25 heavy (non-hydrogen) atoms.